The van der Waals surface area contributed by atoms with Crippen LogP contribution in [0.15, 0.2) is 47.8 Å². The molecule has 1 N–H and O–H groups in total. The fraction of sp³-hybridized carbons (Fsp3) is 0.294. The molecule has 1 aromatic heterocycles. The lowest BCUT2D eigenvalue weighted by molar-refractivity contribution is 0.298. The van der Waals surface area contributed by atoms with Gasteiger partial charge in [-0.3, -0.25) is 0 Å². The smallest absolute Gasteiger partial charge is 0.230 e. The molecule has 0 saturated carbocycles. The van der Waals surface area contributed by atoms with Gasteiger partial charge in [0.2, 0.25) is 5.88 Å². The largest absolute Gasteiger partial charge is 0.438 e. The number of pyridine rings is 1. The van der Waals surface area contributed by atoms with Crippen molar-refractivity contribution in [2.45, 2.75) is 25.8 Å². The Kier molecular flexibility index (Phi) is 4.41. The van der Waals surface area contributed by atoms with Gasteiger partial charge in [0, 0.05) is 18.8 Å². The molecule has 1 atom stereocenters. The van der Waals surface area contributed by atoms with E-state index in [1.54, 1.807) is 18.3 Å². The van der Waals surface area contributed by atoms with E-state index in [-0.39, 0.29) is 5.82 Å². The van der Waals surface area contributed by atoms with E-state index in [1.165, 1.54) is 24.3 Å². The lowest BCUT2D eigenvalue weighted by atomic mass is 10.2. The van der Waals surface area contributed by atoms with Gasteiger partial charge in [-0.05, 0) is 56.2 Å². The van der Waals surface area contributed by atoms with Crippen LogP contribution in [-0.2, 0) is 0 Å². The second kappa shape index (κ2) is 6.64. The van der Waals surface area contributed by atoms with Crippen molar-refractivity contribution in [2.24, 2.45) is 5.16 Å². The summed E-state index contributed by atoms with van der Waals surface area (Å²) in [6.45, 7) is 2.92. The third-order valence-corrected chi connectivity index (χ3v) is 3.96. The van der Waals surface area contributed by atoms with E-state index in [4.69, 9.17) is 4.74 Å². The summed E-state index contributed by atoms with van der Waals surface area (Å²) in [5.41, 5.74) is 0.605. The highest BCUT2D eigenvalue weighted by atomic mass is 19.1. The molecule has 0 aliphatic carbocycles. The predicted octanol–water partition coefficient (Wildman–Crippen LogP) is 3.63. The van der Waals surface area contributed by atoms with Gasteiger partial charge in [0.15, 0.2) is 5.84 Å². The Balaban J connectivity index is 1.92. The molecule has 2 heterocycles. The average Bonchev–Trinajstić information content (AvgIpc) is 2.98. The van der Waals surface area contributed by atoms with Crippen LogP contribution >= 0.6 is 0 Å². The van der Waals surface area contributed by atoms with Crippen molar-refractivity contribution in [1.82, 2.24) is 9.88 Å². The predicted molar refractivity (Wildman–Crippen MR) is 84.4 cm³/mol. The number of hydrogen-bond acceptors (Lipinski definition) is 4. The Morgan fingerprint density at radius 2 is 2.13 bits per heavy atom. The molecule has 1 aromatic carbocycles. The summed E-state index contributed by atoms with van der Waals surface area (Å²) in [4.78, 5) is 6.26. The van der Waals surface area contributed by atoms with E-state index in [0.29, 0.717) is 29.1 Å². The maximum absolute atomic E-state index is 13.0. The molecule has 5 nitrogen and oxygen atoms in total. The van der Waals surface area contributed by atoms with Crippen molar-refractivity contribution >= 4 is 5.84 Å². The molecular weight excluding hydrogens is 297 g/mol. The first-order valence-electron chi connectivity index (χ1n) is 7.56. The fourth-order valence-electron chi connectivity index (χ4n) is 2.77. The third kappa shape index (κ3) is 3.26. The third-order valence-electron chi connectivity index (χ3n) is 3.96. The maximum atomic E-state index is 13.0. The number of halogens is 1. The molecular formula is C17H18FN3O2. The van der Waals surface area contributed by atoms with Gasteiger partial charge in [0.1, 0.15) is 11.6 Å². The van der Waals surface area contributed by atoms with Gasteiger partial charge in [-0.25, -0.2) is 9.37 Å². The lowest BCUT2D eigenvalue weighted by Crippen LogP contribution is -2.34. The second-order valence-corrected chi connectivity index (χ2v) is 5.52. The van der Waals surface area contributed by atoms with Crippen molar-refractivity contribution in [3.05, 3.63) is 54.0 Å². The van der Waals surface area contributed by atoms with Crippen LogP contribution < -0.4 is 4.74 Å². The van der Waals surface area contributed by atoms with E-state index in [2.05, 4.69) is 17.1 Å². The number of rotatable bonds is 3. The average molecular weight is 315 g/mol. The fourth-order valence-corrected chi connectivity index (χ4v) is 2.77. The highest BCUT2D eigenvalue weighted by molar-refractivity contribution is 6.00. The Morgan fingerprint density at radius 1 is 1.35 bits per heavy atom. The van der Waals surface area contributed by atoms with E-state index >= 15 is 0 Å². The molecule has 120 valence electrons. The van der Waals surface area contributed by atoms with E-state index in [1.807, 2.05) is 4.90 Å². The molecule has 2 aromatic rings. The van der Waals surface area contributed by atoms with Crippen molar-refractivity contribution < 1.29 is 14.3 Å². The van der Waals surface area contributed by atoms with Gasteiger partial charge in [0.25, 0.3) is 0 Å². The summed E-state index contributed by atoms with van der Waals surface area (Å²) in [5, 5.41) is 13.0. The van der Waals surface area contributed by atoms with Gasteiger partial charge >= 0.3 is 0 Å². The molecule has 1 aliphatic rings. The quantitative estimate of drug-likeness (QED) is 0.407. The molecule has 6 heteroatoms. The van der Waals surface area contributed by atoms with Crippen LogP contribution in [0.5, 0.6) is 11.6 Å². The second-order valence-electron chi connectivity index (χ2n) is 5.52. The van der Waals surface area contributed by atoms with E-state index in [9.17, 15) is 9.60 Å². The van der Waals surface area contributed by atoms with E-state index in [0.717, 1.165) is 19.4 Å². The summed E-state index contributed by atoms with van der Waals surface area (Å²) in [6.07, 6.45) is 3.70. The first kappa shape index (κ1) is 15.3. The number of hydrogen-bond donors (Lipinski definition) is 1. The summed E-state index contributed by atoms with van der Waals surface area (Å²) < 4.78 is 18.8. The zero-order valence-corrected chi connectivity index (χ0v) is 12.8. The lowest BCUT2D eigenvalue weighted by Gasteiger charge is -2.24. The summed E-state index contributed by atoms with van der Waals surface area (Å²) in [6, 6.07) is 9.55. The van der Waals surface area contributed by atoms with Crippen LogP contribution in [0.1, 0.15) is 25.3 Å². The van der Waals surface area contributed by atoms with Gasteiger partial charge in [-0.2, -0.15) is 0 Å². The van der Waals surface area contributed by atoms with Crippen LogP contribution in [0.25, 0.3) is 0 Å². The molecule has 23 heavy (non-hydrogen) atoms. The van der Waals surface area contributed by atoms with Crippen molar-refractivity contribution in [2.75, 3.05) is 6.54 Å². The van der Waals surface area contributed by atoms with Crippen LogP contribution in [0, 0.1) is 5.82 Å². The highest BCUT2D eigenvalue weighted by Crippen LogP contribution is 2.27. The molecule has 1 unspecified atom stereocenters. The number of aromatic nitrogens is 1. The van der Waals surface area contributed by atoms with Gasteiger partial charge in [-0.15, -0.1) is 0 Å². The molecule has 0 spiro atoms. The number of nitrogens with zero attached hydrogens (tertiary/aromatic N) is 3. The monoisotopic (exact) mass is 315 g/mol. The zero-order valence-electron chi connectivity index (χ0n) is 12.8. The van der Waals surface area contributed by atoms with Crippen LogP contribution in [0.4, 0.5) is 4.39 Å². The molecule has 1 aliphatic heterocycles. The van der Waals surface area contributed by atoms with Gasteiger partial charge in [-0.1, -0.05) is 5.16 Å². The summed E-state index contributed by atoms with van der Waals surface area (Å²) in [5.74, 6) is 0.909. The zero-order chi connectivity index (χ0) is 16.2. The first-order valence-corrected chi connectivity index (χ1v) is 7.56. The highest BCUT2D eigenvalue weighted by Gasteiger charge is 2.27. The van der Waals surface area contributed by atoms with Gasteiger partial charge < -0.3 is 14.8 Å². The molecule has 0 radical (unpaired) electrons. The standard InChI is InChI=1S/C17H18FN3O2/c1-12-4-3-11-21(12)16(20-22)15-5-2-10-19-17(15)23-14-8-6-13(18)7-9-14/h2,5-10,12,22H,3-4,11H2,1H3/b20-16-. The molecule has 1 saturated heterocycles. The number of amidine groups is 1. The summed E-state index contributed by atoms with van der Waals surface area (Å²) in [7, 11) is 0. The van der Waals surface area contributed by atoms with Crippen molar-refractivity contribution in [3.8, 4) is 11.6 Å². The van der Waals surface area contributed by atoms with Crippen LogP contribution in [-0.4, -0.2) is 33.5 Å². The van der Waals surface area contributed by atoms with Gasteiger partial charge in [0.05, 0.1) is 5.56 Å². The first-order chi connectivity index (χ1) is 11.2. The number of likely N-dealkylation sites (tertiary alicyclic amines) is 1. The Hall–Kier alpha value is -2.63. The molecule has 0 amide bonds. The minimum absolute atomic E-state index is 0.291. The molecule has 0 bridgehead atoms. The Labute approximate surface area is 134 Å². The Bertz CT molecular complexity index is 703. The van der Waals surface area contributed by atoms with Crippen LogP contribution in [0.2, 0.25) is 0 Å². The Morgan fingerprint density at radius 3 is 2.78 bits per heavy atom. The van der Waals surface area contributed by atoms with Crippen molar-refractivity contribution in [3.63, 3.8) is 0 Å². The summed E-state index contributed by atoms with van der Waals surface area (Å²) >= 11 is 0. The van der Waals surface area contributed by atoms with Crippen LogP contribution in [0.3, 0.4) is 0 Å². The number of oxime groups is 1. The topological polar surface area (TPSA) is 58.0 Å². The minimum atomic E-state index is -0.331. The maximum Gasteiger partial charge on any atom is 0.230 e. The number of benzene rings is 1. The number of ether oxygens (including phenoxy) is 1. The molecule has 1 fully saturated rings. The SMILES string of the molecule is CC1CCCN1/C(=N\O)c1cccnc1Oc1ccc(F)cc1. The van der Waals surface area contributed by atoms with E-state index < -0.39 is 0 Å². The normalized spacial score (nSPS) is 18.3. The molecule has 3 rings (SSSR count). The van der Waals surface area contributed by atoms with Crippen molar-refractivity contribution in [1.29, 1.82) is 0 Å². The minimum Gasteiger partial charge on any atom is -0.438 e.